The number of hydrogen-bond acceptors (Lipinski definition) is 5. The third kappa shape index (κ3) is 2.19. The Morgan fingerprint density at radius 2 is 2.27 bits per heavy atom. The molecule has 3 N–H and O–H groups in total. The third-order valence-corrected chi connectivity index (χ3v) is 2.45. The first kappa shape index (κ1) is 10.6. The Bertz CT molecular complexity index is 484. The lowest BCUT2D eigenvalue weighted by Crippen LogP contribution is -2.12. The summed E-state index contributed by atoms with van der Waals surface area (Å²) in [5.74, 6) is 5.98. The van der Waals surface area contributed by atoms with Crippen molar-refractivity contribution < 1.29 is 0 Å². The molecule has 2 aromatic heterocycles. The zero-order valence-corrected chi connectivity index (χ0v) is 10.3. The lowest BCUT2D eigenvalue weighted by Gasteiger charge is -2.04. The summed E-state index contributed by atoms with van der Waals surface area (Å²) in [6, 6.07) is 0. The molecular formula is C7H6ClIN6. The Hall–Kier alpha value is -0.930. The fraction of sp³-hybridized carbons (Fsp3) is 0. The normalized spacial score (nSPS) is 10.3. The van der Waals surface area contributed by atoms with Gasteiger partial charge in [0, 0.05) is 6.20 Å². The quantitative estimate of drug-likeness (QED) is 0.489. The van der Waals surface area contributed by atoms with Crippen LogP contribution >= 0.6 is 34.2 Å². The van der Waals surface area contributed by atoms with Gasteiger partial charge in [0.15, 0.2) is 5.82 Å². The van der Waals surface area contributed by atoms with Gasteiger partial charge in [-0.15, -0.1) is 0 Å². The molecule has 78 valence electrons. The van der Waals surface area contributed by atoms with E-state index in [1.165, 1.54) is 6.20 Å². The number of anilines is 1. The van der Waals surface area contributed by atoms with Gasteiger partial charge in [0.1, 0.15) is 5.02 Å². The Morgan fingerprint density at radius 3 is 2.87 bits per heavy atom. The minimum Gasteiger partial charge on any atom is -0.292 e. The molecule has 0 saturated heterocycles. The molecule has 2 aromatic rings. The van der Waals surface area contributed by atoms with Crippen molar-refractivity contribution in [2.75, 3.05) is 5.43 Å². The number of nitrogens with zero attached hydrogens (tertiary/aromatic N) is 4. The Kier molecular flexibility index (Phi) is 3.03. The highest BCUT2D eigenvalue weighted by atomic mass is 127. The van der Waals surface area contributed by atoms with E-state index in [9.17, 15) is 0 Å². The van der Waals surface area contributed by atoms with Crippen LogP contribution in [0.1, 0.15) is 0 Å². The highest BCUT2D eigenvalue weighted by Crippen LogP contribution is 2.18. The summed E-state index contributed by atoms with van der Waals surface area (Å²) in [4.78, 5) is 7.96. The number of nitrogens with one attached hydrogen (secondary N) is 1. The van der Waals surface area contributed by atoms with E-state index in [1.54, 1.807) is 17.1 Å². The van der Waals surface area contributed by atoms with Crippen LogP contribution in [0.4, 0.5) is 5.95 Å². The molecule has 0 aliphatic carbocycles. The second kappa shape index (κ2) is 4.29. The Labute approximate surface area is 104 Å². The van der Waals surface area contributed by atoms with Crippen LogP contribution in [0.3, 0.4) is 0 Å². The van der Waals surface area contributed by atoms with Crippen LogP contribution in [0.2, 0.25) is 5.02 Å². The van der Waals surface area contributed by atoms with Crippen molar-refractivity contribution in [3.8, 4) is 5.82 Å². The van der Waals surface area contributed by atoms with Crippen molar-refractivity contribution in [1.82, 2.24) is 19.7 Å². The highest BCUT2D eigenvalue weighted by molar-refractivity contribution is 14.1. The van der Waals surface area contributed by atoms with Crippen molar-refractivity contribution in [2.24, 2.45) is 5.84 Å². The van der Waals surface area contributed by atoms with E-state index in [-0.39, 0.29) is 0 Å². The van der Waals surface area contributed by atoms with Gasteiger partial charge in [0.2, 0.25) is 5.95 Å². The maximum absolute atomic E-state index is 5.94. The van der Waals surface area contributed by atoms with Crippen molar-refractivity contribution in [2.45, 2.75) is 0 Å². The van der Waals surface area contributed by atoms with Gasteiger partial charge in [-0.3, -0.25) is 5.43 Å². The first-order valence-electron chi connectivity index (χ1n) is 3.90. The van der Waals surface area contributed by atoms with Crippen molar-refractivity contribution >= 4 is 40.1 Å². The number of rotatable bonds is 2. The molecule has 0 unspecified atom stereocenters. The first-order chi connectivity index (χ1) is 7.20. The van der Waals surface area contributed by atoms with Crippen molar-refractivity contribution in [3.05, 3.63) is 27.2 Å². The summed E-state index contributed by atoms with van der Waals surface area (Å²) in [6.07, 6.45) is 4.97. The molecule has 0 spiro atoms. The minimum atomic E-state index is 0.292. The lowest BCUT2D eigenvalue weighted by atomic mass is 10.6. The average Bonchev–Trinajstić information content (AvgIpc) is 2.65. The van der Waals surface area contributed by atoms with Crippen LogP contribution in [0, 0.1) is 3.57 Å². The summed E-state index contributed by atoms with van der Waals surface area (Å²) in [7, 11) is 0. The number of halogens is 2. The van der Waals surface area contributed by atoms with Gasteiger partial charge in [-0.25, -0.2) is 15.5 Å². The first-order valence-corrected chi connectivity index (χ1v) is 5.36. The summed E-state index contributed by atoms with van der Waals surface area (Å²) in [5.41, 5.74) is 2.35. The van der Waals surface area contributed by atoms with E-state index in [4.69, 9.17) is 17.4 Å². The van der Waals surface area contributed by atoms with Gasteiger partial charge in [-0.05, 0) is 22.6 Å². The predicted molar refractivity (Wildman–Crippen MR) is 64.7 cm³/mol. The molecule has 0 bridgehead atoms. The van der Waals surface area contributed by atoms with Gasteiger partial charge < -0.3 is 0 Å². The van der Waals surface area contributed by atoms with Crippen LogP contribution in [0.5, 0.6) is 0 Å². The number of nitrogen functional groups attached to an aromatic ring is 1. The van der Waals surface area contributed by atoms with Crippen LogP contribution in [0.15, 0.2) is 18.6 Å². The molecule has 0 aliphatic rings. The van der Waals surface area contributed by atoms with Gasteiger partial charge in [0.05, 0.1) is 16.0 Å². The fourth-order valence-corrected chi connectivity index (χ4v) is 1.57. The average molecular weight is 337 g/mol. The third-order valence-electron chi connectivity index (χ3n) is 1.62. The van der Waals surface area contributed by atoms with Crippen LogP contribution in [0.25, 0.3) is 5.82 Å². The zero-order valence-electron chi connectivity index (χ0n) is 7.35. The van der Waals surface area contributed by atoms with Gasteiger partial charge in [0.25, 0.3) is 0 Å². The topological polar surface area (TPSA) is 81.6 Å². The number of hydrogen-bond donors (Lipinski definition) is 2. The van der Waals surface area contributed by atoms with E-state index in [0.29, 0.717) is 16.8 Å². The molecule has 0 aromatic carbocycles. The van der Waals surface area contributed by atoms with E-state index in [0.717, 1.165) is 3.57 Å². The molecule has 0 atom stereocenters. The molecular weight excluding hydrogens is 330 g/mol. The van der Waals surface area contributed by atoms with Crippen molar-refractivity contribution in [1.29, 1.82) is 0 Å². The number of aromatic nitrogens is 4. The second-order valence-electron chi connectivity index (χ2n) is 2.61. The summed E-state index contributed by atoms with van der Waals surface area (Å²) < 4.78 is 2.55. The predicted octanol–water partition coefficient (Wildman–Crippen LogP) is 1.21. The van der Waals surface area contributed by atoms with Crippen molar-refractivity contribution in [3.63, 3.8) is 0 Å². The SMILES string of the molecule is NNc1ncc(Cl)c(-n2cc(I)cn2)n1. The minimum absolute atomic E-state index is 0.292. The van der Waals surface area contributed by atoms with E-state index in [1.807, 2.05) is 0 Å². The summed E-state index contributed by atoms with van der Waals surface area (Å²) in [6.45, 7) is 0. The molecule has 0 aliphatic heterocycles. The Morgan fingerprint density at radius 1 is 1.47 bits per heavy atom. The second-order valence-corrected chi connectivity index (χ2v) is 4.27. The van der Waals surface area contributed by atoms with E-state index < -0.39 is 0 Å². The zero-order chi connectivity index (χ0) is 10.8. The van der Waals surface area contributed by atoms with Gasteiger partial charge >= 0.3 is 0 Å². The Balaban J connectivity index is 2.51. The standard InChI is InChI=1S/C7H6ClIN6/c8-5-2-11-7(14-10)13-6(5)15-3-4(9)1-12-15/h1-3H,10H2,(H,11,13,14). The molecule has 15 heavy (non-hydrogen) atoms. The number of hydrazine groups is 1. The molecule has 0 amide bonds. The maximum atomic E-state index is 5.94. The molecule has 6 nitrogen and oxygen atoms in total. The molecule has 2 rings (SSSR count). The van der Waals surface area contributed by atoms with Crippen LogP contribution in [-0.2, 0) is 0 Å². The van der Waals surface area contributed by atoms with Gasteiger partial charge in [-0.2, -0.15) is 10.1 Å². The largest absolute Gasteiger partial charge is 0.292 e. The lowest BCUT2D eigenvalue weighted by molar-refractivity contribution is 0.840. The molecule has 0 radical (unpaired) electrons. The molecule has 0 saturated carbocycles. The fourth-order valence-electron chi connectivity index (χ4n) is 1.01. The summed E-state index contributed by atoms with van der Waals surface area (Å²) in [5, 5.41) is 4.50. The monoisotopic (exact) mass is 336 g/mol. The van der Waals surface area contributed by atoms with Crippen LogP contribution < -0.4 is 11.3 Å². The van der Waals surface area contributed by atoms with Crippen LogP contribution in [-0.4, -0.2) is 19.7 Å². The highest BCUT2D eigenvalue weighted by Gasteiger charge is 2.07. The van der Waals surface area contributed by atoms with Gasteiger partial charge in [-0.1, -0.05) is 11.6 Å². The molecule has 8 heteroatoms. The molecule has 0 fully saturated rings. The smallest absolute Gasteiger partial charge is 0.239 e. The summed E-state index contributed by atoms with van der Waals surface area (Å²) >= 11 is 8.09. The number of nitrogens with two attached hydrogens (primary N) is 1. The van der Waals surface area contributed by atoms with E-state index in [2.05, 4.69) is 43.1 Å². The maximum Gasteiger partial charge on any atom is 0.239 e. The molecule has 2 heterocycles. The van der Waals surface area contributed by atoms with E-state index >= 15 is 0 Å².